The number of hydrogen-bond acceptors (Lipinski definition) is 7. The minimum atomic E-state index is 0.0735. The highest BCUT2D eigenvalue weighted by molar-refractivity contribution is 5.84. The van der Waals surface area contributed by atoms with Crippen molar-refractivity contribution >= 4 is 22.9 Å². The molecule has 6 rings (SSSR count). The van der Waals surface area contributed by atoms with Crippen LogP contribution in [0.2, 0.25) is 0 Å². The molecule has 1 aliphatic rings. The van der Waals surface area contributed by atoms with Crippen LogP contribution in [0.3, 0.4) is 0 Å². The van der Waals surface area contributed by atoms with E-state index >= 15 is 0 Å². The van der Waals surface area contributed by atoms with E-state index in [0.717, 1.165) is 42.4 Å². The van der Waals surface area contributed by atoms with E-state index in [1.54, 1.807) is 4.57 Å². The van der Waals surface area contributed by atoms with Gasteiger partial charge in [0.1, 0.15) is 0 Å². The second kappa shape index (κ2) is 10.9. The second-order valence-electron chi connectivity index (χ2n) is 10.8. The molecule has 5 aromatic rings. The van der Waals surface area contributed by atoms with E-state index in [1.165, 1.54) is 23.3 Å². The van der Waals surface area contributed by atoms with E-state index in [4.69, 9.17) is 9.97 Å². The molecule has 2 aromatic carbocycles. The van der Waals surface area contributed by atoms with Gasteiger partial charge in [0.15, 0.2) is 28.7 Å². The van der Waals surface area contributed by atoms with Crippen molar-refractivity contribution in [3.63, 3.8) is 0 Å². The monoisotopic (exact) mass is 537 g/mol. The van der Waals surface area contributed by atoms with Gasteiger partial charge in [0, 0.05) is 36.8 Å². The fourth-order valence-corrected chi connectivity index (χ4v) is 5.58. The molecule has 1 fully saturated rings. The molecule has 9 heteroatoms. The third-order valence-electron chi connectivity index (χ3n) is 7.77. The molecule has 4 N–H and O–H groups in total. The van der Waals surface area contributed by atoms with Crippen molar-refractivity contribution in [3.05, 3.63) is 78.6 Å². The van der Waals surface area contributed by atoms with Crippen molar-refractivity contribution in [3.8, 4) is 22.9 Å². The third kappa shape index (κ3) is 5.19. The molecule has 3 heterocycles. The maximum absolute atomic E-state index is 10.1. The van der Waals surface area contributed by atoms with Crippen LogP contribution in [0.4, 0.5) is 11.8 Å². The Morgan fingerprint density at radius 2 is 1.52 bits per heavy atom. The number of aromatic nitrogens is 5. The summed E-state index contributed by atoms with van der Waals surface area (Å²) in [4.78, 5) is 14.4. The van der Waals surface area contributed by atoms with Crippen molar-refractivity contribution in [2.24, 2.45) is 0 Å². The highest BCUT2D eigenvalue weighted by atomic mass is 16.3. The molecule has 1 aliphatic carbocycles. The maximum atomic E-state index is 10.1. The molecule has 9 nitrogen and oxygen atoms in total. The van der Waals surface area contributed by atoms with Crippen molar-refractivity contribution in [1.82, 2.24) is 24.1 Å². The van der Waals surface area contributed by atoms with Crippen molar-refractivity contribution < 1.29 is 10.2 Å². The van der Waals surface area contributed by atoms with Crippen LogP contribution in [-0.2, 0) is 6.54 Å². The predicted molar refractivity (Wildman–Crippen MR) is 158 cm³/mol. The fourth-order valence-electron chi connectivity index (χ4n) is 5.58. The Kier molecular flexibility index (Phi) is 7.02. The van der Waals surface area contributed by atoms with Gasteiger partial charge in [-0.05, 0) is 56.2 Å². The number of nitrogens with zero attached hydrogens (tertiary/aromatic N) is 5. The lowest BCUT2D eigenvalue weighted by Crippen LogP contribution is -2.28. The number of anilines is 2. The van der Waals surface area contributed by atoms with Crippen molar-refractivity contribution in [2.45, 2.75) is 64.2 Å². The smallest absolute Gasteiger partial charge is 0.227 e. The Bertz CT molecular complexity index is 1560. The Balaban J connectivity index is 1.18. The van der Waals surface area contributed by atoms with Crippen LogP contribution in [0.1, 0.15) is 57.2 Å². The van der Waals surface area contributed by atoms with Gasteiger partial charge in [-0.1, -0.05) is 54.6 Å². The van der Waals surface area contributed by atoms with Gasteiger partial charge in [0.25, 0.3) is 0 Å². The molecule has 0 spiro atoms. The number of nitrogens with one attached hydrogen (secondary N) is 2. The average molecular weight is 538 g/mol. The molecule has 1 saturated carbocycles. The molecule has 3 aromatic heterocycles. The number of aromatic hydroxyl groups is 2. The predicted octanol–water partition coefficient (Wildman–Crippen LogP) is 6.49. The first kappa shape index (κ1) is 25.7. The van der Waals surface area contributed by atoms with Gasteiger partial charge in [0.05, 0.1) is 6.33 Å². The van der Waals surface area contributed by atoms with E-state index in [-0.39, 0.29) is 29.9 Å². The Morgan fingerprint density at radius 3 is 2.20 bits per heavy atom. The van der Waals surface area contributed by atoms with Crippen molar-refractivity contribution in [2.75, 3.05) is 10.6 Å². The topological polar surface area (TPSA) is 113 Å². The summed E-state index contributed by atoms with van der Waals surface area (Å²) in [5.41, 5.74) is 5.09. The summed E-state index contributed by atoms with van der Waals surface area (Å²) in [6, 6.07) is 22.5. The van der Waals surface area contributed by atoms with Crippen LogP contribution in [0.5, 0.6) is 11.8 Å². The average Bonchev–Trinajstić information content (AvgIpc) is 3.56. The highest BCUT2D eigenvalue weighted by Crippen LogP contribution is 2.36. The summed E-state index contributed by atoms with van der Waals surface area (Å²) in [5.74, 6) is 1.49. The molecule has 0 radical (unpaired) electrons. The molecular weight excluding hydrogens is 502 g/mol. The normalized spacial score (nSPS) is 17.4. The van der Waals surface area contributed by atoms with Gasteiger partial charge in [-0.15, -0.1) is 0 Å². The first-order chi connectivity index (χ1) is 19.5. The lowest BCUT2D eigenvalue weighted by atomic mass is 9.91. The van der Waals surface area contributed by atoms with Crippen LogP contribution < -0.4 is 10.6 Å². The first-order valence-electron chi connectivity index (χ1n) is 13.9. The minimum Gasteiger partial charge on any atom is -0.494 e. The minimum absolute atomic E-state index is 0.0735. The SMILES string of the molecule is CC(C)n1cnc2c(NCc3ccc(-c4ccccc4)cc3)nc(NC3CCC(n4c(O)ccc4O)CC3)nc21. The van der Waals surface area contributed by atoms with Gasteiger partial charge in [-0.2, -0.15) is 9.97 Å². The summed E-state index contributed by atoms with van der Waals surface area (Å²) >= 11 is 0. The standard InChI is InChI=1S/C31H35N7O2/c1-20(2)37-19-33-28-29(32-18-21-8-10-23(11-9-21)22-6-4-3-5-7-22)35-31(36-30(28)37)34-24-12-14-25(15-13-24)38-26(39)16-17-27(38)40/h3-11,16-17,19-20,24-25,39-40H,12-15,18H2,1-2H3,(H2,32,34,35,36). The highest BCUT2D eigenvalue weighted by Gasteiger charge is 2.26. The van der Waals surface area contributed by atoms with E-state index in [1.807, 2.05) is 12.4 Å². The van der Waals surface area contributed by atoms with Gasteiger partial charge >= 0.3 is 0 Å². The lowest BCUT2D eigenvalue weighted by Gasteiger charge is -2.30. The molecule has 0 saturated heterocycles. The first-order valence-corrected chi connectivity index (χ1v) is 13.9. The summed E-state index contributed by atoms with van der Waals surface area (Å²) < 4.78 is 3.69. The molecule has 0 unspecified atom stereocenters. The summed E-state index contributed by atoms with van der Waals surface area (Å²) in [6.07, 6.45) is 5.26. The van der Waals surface area contributed by atoms with E-state index in [0.29, 0.717) is 18.3 Å². The Labute approximate surface area is 233 Å². The molecule has 0 aliphatic heterocycles. The zero-order valence-corrected chi connectivity index (χ0v) is 22.8. The number of benzene rings is 2. The molecule has 0 atom stereocenters. The van der Waals surface area contributed by atoms with E-state index < -0.39 is 0 Å². The number of fused-ring (bicyclic) bond motifs is 1. The van der Waals surface area contributed by atoms with Gasteiger partial charge in [-0.25, -0.2) is 4.98 Å². The fraction of sp³-hybridized carbons (Fsp3) is 0.323. The summed E-state index contributed by atoms with van der Waals surface area (Å²) in [5, 5.41) is 27.3. The Hall–Kier alpha value is -4.53. The number of imidazole rings is 1. The molecule has 0 bridgehead atoms. The molecule has 0 amide bonds. The Morgan fingerprint density at radius 1 is 0.850 bits per heavy atom. The largest absolute Gasteiger partial charge is 0.494 e. The number of rotatable bonds is 8. The van der Waals surface area contributed by atoms with Crippen LogP contribution in [0.15, 0.2) is 73.1 Å². The molecule has 206 valence electrons. The lowest BCUT2D eigenvalue weighted by molar-refractivity contribution is 0.273. The maximum Gasteiger partial charge on any atom is 0.227 e. The second-order valence-corrected chi connectivity index (χ2v) is 10.8. The summed E-state index contributed by atoms with van der Waals surface area (Å²) in [7, 11) is 0. The summed E-state index contributed by atoms with van der Waals surface area (Å²) in [6.45, 7) is 4.85. The molecular formula is C31H35N7O2. The van der Waals surface area contributed by atoms with E-state index in [9.17, 15) is 10.2 Å². The van der Waals surface area contributed by atoms with Gasteiger partial charge < -0.3 is 25.4 Å². The quantitative estimate of drug-likeness (QED) is 0.179. The van der Waals surface area contributed by atoms with E-state index in [2.05, 4.69) is 82.6 Å². The van der Waals surface area contributed by atoms with Crippen LogP contribution in [0.25, 0.3) is 22.3 Å². The zero-order valence-electron chi connectivity index (χ0n) is 22.8. The van der Waals surface area contributed by atoms with Crippen molar-refractivity contribution in [1.29, 1.82) is 0 Å². The molecule has 40 heavy (non-hydrogen) atoms. The van der Waals surface area contributed by atoms with Crippen LogP contribution in [0, 0.1) is 0 Å². The third-order valence-corrected chi connectivity index (χ3v) is 7.77. The van der Waals surface area contributed by atoms with Crippen LogP contribution in [-0.4, -0.2) is 40.3 Å². The van der Waals surface area contributed by atoms with Gasteiger partial charge in [0.2, 0.25) is 5.95 Å². The van der Waals surface area contributed by atoms with Gasteiger partial charge in [-0.3, -0.25) is 4.57 Å². The number of hydrogen-bond donors (Lipinski definition) is 4. The van der Waals surface area contributed by atoms with Crippen LogP contribution >= 0.6 is 0 Å². The zero-order chi connectivity index (χ0) is 27.6.